The van der Waals surface area contributed by atoms with E-state index in [1.165, 1.54) is 41.5 Å². The van der Waals surface area contributed by atoms with Crippen LogP contribution in [-0.2, 0) is 0 Å². The normalized spacial score (nSPS) is 11.9. The Morgan fingerprint density at radius 2 is 0.552 bits per heavy atom. The standard InChI is InChI=1S/C79H57F2N3OSi2/c1-85-63-44-40-58(41-45-63)82(61-42-48-76-72(52-61)74-54-70(46-50-78(74)83(76)59-36-32-56(80)33-37-59)86(64-20-8-2-9-21-64,65-22-10-3-11-23-65)66-24-12-4-13-25-66)62-43-49-77-73(53-62)75-55-71(47-51-79(75)84(77)60-38-34-57(81)35-39-60)87(67-26-14-5-15-27-67,68-28-16-6-17-29-68)69-30-18-7-19-31-69/h2-55H,1H3. The van der Waals surface area contributed by atoms with E-state index in [-0.39, 0.29) is 11.6 Å². The van der Waals surface area contributed by atoms with E-state index in [0.717, 1.165) is 77.8 Å². The molecule has 416 valence electrons. The lowest BCUT2D eigenvalue weighted by Gasteiger charge is -2.34. The first-order valence-electron chi connectivity index (χ1n) is 29.4. The van der Waals surface area contributed by atoms with Crippen LogP contribution in [0.2, 0.25) is 0 Å². The van der Waals surface area contributed by atoms with Crippen molar-refractivity contribution >= 4 is 118 Å². The Hall–Kier alpha value is -10.6. The van der Waals surface area contributed by atoms with Crippen molar-refractivity contribution in [3.05, 3.63) is 339 Å². The van der Waals surface area contributed by atoms with Gasteiger partial charge < -0.3 is 18.8 Å². The van der Waals surface area contributed by atoms with E-state index in [0.29, 0.717) is 0 Å². The van der Waals surface area contributed by atoms with Crippen LogP contribution < -0.4 is 51.1 Å². The fourth-order valence-electron chi connectivity index (χ4n) is 13.8. The molecule has 87 heavy (non-hydrogen) atoms. The van der Waals surface area contributed by atoms with Gasteiger partial charge in [-0.2, -0.15) is 0 Å². The van der Waals surface area contributed by atoms with Crippen LogP contribution in [0.15, 0.2) is 328 Å². The van der Waals surface area contributed by atoms with E-state index in [4.69, 9.17) is 4.74 Å². The molecular weight excluding hydrogens is 1100 g/mol. The maximum atomic E-state index is 14.9. The van der Waals surface area contributed by atoms with Crippen molar-refractivity contribution in [3.63, 3.8) is 0 Å². The summed E-state index contributed by atoms with van der Waals surface area (Å²) in [6, 6.07) is 116. The molecule has 0 aliphatic carbocycles. The highest BCUT2D eigenvalue weighted by molar-refractivity contribution is 7.20. The van der Waals surface area contributed by atoms with Crippen molar-refractivity contribution in [3.8, 4) is 17.1 Å². The molecule has 0 N–H and O–H groups in total. The summed E-state index contributed by atoms with van der Waals surface area (Å²) >= 11 is 0. The zero-order chi connectivity index (χ0) is 58.5. The number of hydrogen-bond acceptors (Lipinski definition) is 2. The van der Waals surface area contributed by atoms with Crippen LogP contribution in [0, 0.1) is 11.6 Å². The van der Waals surface area contributed by atoms with E-state index >= 15 is 0 Å². The summed E-state index contributed by atoms with van der Waals surface area (Å²) in [7, 11) is -4.26. The van der Waals surface area contributed by atoms with E-state index < -0.39 is 16.1 Å². The first kappa shape index (κ1) is 53.1. The molecule has 0 saturated carbocycles. The van der Waals surface area contributed by atoms with Crippen LogP contribution >= 0.6 is 0 Å². The van der Waals surface area contributed by atoms with Gasteiger partial charge in [0, 0.05) is 50.0 Å². The van der Waals surface area contributed by atoms with Gasteiger partial charge in [-0.1, -0.05) is 206 Å². The zero-order valence-electron chi connectivity index (χ0n) is 47.7. The molecule has 2 aromatic heterocycles. The number of benzene rings is 13. The minimum Gasteiger partial charge on any atom is -0.497 e. The second kappa shape index (κ2) is 22.1. The maximum absolute atomic E-state index is 14.9. The molecule has 0 amide bonds. The first-order valence-corrected chi connectivity index (χ1v) is 33.4. The number of fused-ring (bicyclic) bond motifs is 6. The van der Waals surface area contributed by atoms with Gasteiger partial charge in [0.25, 0.3) is 0 Å². The largest absolute Gasteiger partial charge is 0.497 e. The molecule has 2 heterocycles. The molecule has 0 aliphatic heterocycles. The number of hydrogen-bond donors (Lipinski definition) is 0. The van der Waals surface area contributed by atoms with Crippen molar-refractivity contribution < 1.29 is 13.5 Å². The smallest absolute Gasteiger partial charge is 0.179 e. The highest BCUT2D eigenvalue weighted by Gasteiger charge is 2.43. The second-order valence-electron chi connectivity index (χ2n) is 22.2. The molecule has 0 radical (unpaired) electrons. The molecule has 0 saturated heterocycles. The molecule has 4 nitrogen and oxygen atoms in total. The number of aromatic nitrogens is 2. The predicted molar refractivity (Wildman–Crippen MR) is 364 cm³/mol. The minimum atomic E-state index is -2.98. The number of rotatable bonds is 14. The van der Waals surface area contributed by atoms with Gasteiger partial charge in [0.05, 0.1) is 29.2 Å². The Labute approximate surface area is 506 Å². The average Bonchev–Trinajstić information content (AvgIpc) is 1.78. The Kier molecular flexibility index (Phi) is 13.5. The third kappa shape index (κ3) is 8.91. The molecule has 15 aromatic rings. The van der Waals surface area contributed by atoms with Crippen LogP contribution in [0.4, 0.5) is 25.8 Å². The lowest BCUT2D eigenvalue weighted by atomic mass is 10.1. The van der Waals surface area contributed by atoms with Crippen LogP contribution in [0.25, 0.3) is 55.0 Å². The van der Waals surface area contributed by atoms with E-state index in [1.807, 2.05) is 36.4 Å². The maximum Gasteiger partial charge on any atom is 0.179 e. The summed E-state index contributed by atoms with van der Waals surface area (Å²) in [5, 5.41) is 14.5. The molecule has 0 aliphatic rings. The summed E-state index contributed by atoms with van der Waals surface area (Å²) in [6.45, 7) is 0. The summed E-state index contributed by atoms with van der Waals surface area (Å²) in [5.41, 5.74) is 8.56. The summed E-state index contributed by atoms with van der Waals surface area (Å²) in [4.78, 5) is 2.34. The third-order valence-corrected chi connectivity index (χ3v) is 27.2. The topological polar surface area (TPSA) is 22.3 Å². The third-order valence-electron chi connectivity index (χ3n) is 17.6. The monoisotopic (exact) mass is 1160 g/mol. The van der Waals surface area contributed by atoms with E-state index in [1.54, 1.807) is 31.4 Å². The zero-order valence-corrected chi connectivity index (χ0v) is 49.7. The van der Waals surface area contributed by atoms with Crippen molar-refractivity contribution in [2.45, 2.75) is 0 Å². The fraction of sp³-hybridized carbons (Fsp3) is 0.0127. The van der Waals surface area contributed by atoms with E-state index in [2.05, 4.69) is 281 Å². The number of anilines is 3. The molecular formula is C79H57F2N3OSi2. The van der Waals surface area contributed by atoms with Gasteiger partial charge in [0.1, 0.15) is 17.4 Å². The highest BCUT2D eigenvalue weighted by atomic mass is 28.3. The lowest BCUT2D eigenvalue weighted by molar-refractivity contribution is 0.415. The van der Waals surface area contributed by atoms with Gasteiger partial charge in [0.2, 0.25) is 0 Å². The number of halogens is 2. The molecule has 0 spiro atoms. The molecule has 8 heteroatoms. The summed E-state index contributed by atoms with van der Waals surface area (Å²) in [5.74, 6) is 0.172. The van der Waals surface area contributed by atoms with Gasteiger partial charge in [-0.3, -0.25) is 0 Å². The second-order valence-corrected chi connectivity index (χ2v) is 29.8. The van der Waals surface area contributed by atoms with Crippen molar-refractivity contribution in [1.29, 1.82) is 0 Å². The van der Waals surface area contributed by atoms with E-state index in [9.17, 15) is 8.78 Å². The Morgan fingerprint density at radius 1 is 0.276 bits per heavy atom. The van der Waals surface area contributed by atoms with Gasteiger partial charge in [0.15, 0.2) is 16.1 Å². The van der Waals surface area contributed by atoms with Crippen LogP contribution in [0.1, 0.15) is 0 Å². The van der Waals surface area contributed by atoms with Gasteiger partial charge >= 0.3 is 0 Å². The fourth-order valence-corrected chi connectivity index (χ4v) is 23.4. The number of methoxy groups -OCH3 is 1. The van der Waals surface area contributed by atoms with Crippen molar-refractivity contribution in [2.75, 3.05) is 12.0 Å². The number of nitrogens with zero attached hydrogens (tertiary/aromatic N) is 3. The number of ether oxygens (including phenoxy) is 1. The van der Waals surface area contributed by atoms with Crippen LogP contribution in [0.3, 0.4) is 0 Å². The Morgan fingerprint density at radius 3 is 0.851 bits per heavy atom. The lowest BCUT2D eigenvalue weighted by Crippen LogP contribution is -2.74. The van der Waals surface area contributed by atoms with Crippen LogP contribution in [0.5, 0.6) is 5.75 Å². The molecule has 13 aromatic carbocycles. The summed E-state index contributed by atoms with van der Waals surface area (Å²) in [6.07, 6.45) is 0. The van der Waals surface area contributed by atoms with Gasteiger partial charge in [-0.15, -0.1) is 0 Å². The minimum absolute atomic E-state index is 0.289. The molecule has 15 rings (SSSR count). The molecule has 0 unspecified atom stereocenters. The average molecular weight is 1160 g/mol. The first-order chi connectivity index (χ1) is 42.9. The van der Waals surface area contributed by atoms with Crippen LogP contribution in [-0.4, -0.2) is 32.4 Å². The molecule has 0 fully saturated rings. The Balaban J connectivity index is 1.00. The summed E-state index contributed by atoms with van der Waals surface area (Å²) < 4.78 is 40.1. The predicted octanol–water partition coefficient (Wildman–Crippen LogP) is 14.4. The quantitative estimate of drug-likeness (QED) is 0.0800. The highest BCUT2D eigenvalue weighted by Crippen LogP contribution is 2.43. The molecule has 0 atom stereocenters. The SMILES string of the molecule is COc1ccc(N(c2ccc3c(c2)c2cc([Si](c4ccccc4)(c4ccccc4)c4ccccc4)ccc2n3-c2ccc(F)cc2)c2ccc3c(c2)c2cc([Si](c4ccccc4)(c4ccccc4)c4ccccc4)ccc2n3-c2ccc(F)cc2)cc1. The van der Waals surface area contributed by atoms with Gasteiger partial charge in [-0.05, 0) is 163 Å². The van der Waals surface area contributed by atoms with Crippen molar-refractivity contribution in [2.24, 2.45) is 0 Å². The Bertz CT molecular complexity index is 4460. The van der Waals surface area contributed by atoms with Crippen molar-refractivity contribution in [1.82, 2.24) is 9.13 Å². The van der Waals surface area contributed by atoms with Gasteiger partial charge in [-0.25, -0.2) is 8.78 Å². The molecule has 0 bridgehead atoms.